The van der Waals surface area contributed by atoms with Crippen LogP contribution in [-0.2, 0) is 32.0 Å². The normalized spacial score (nSPS) is 13.5. The number of fused-ring (bicyclic) bond motifs is 2. The SMILES string of the molecule is C=C(C)c1cc(-c2c3c(nn2-c2c(CC)cccc2CC)CCN(c2ncc(C(F)(F)F)cc2F)C3)cc2cc[nH]c12. The topological polar surface area (TPSA) is 49.7 Å². The highest BCUT2D eigenvalue weighted by Gasteiger charge is 2.34. The van der Waals surface area contributed by atoms with Gasteiger partial charge in [-0.05, 0) is 60.7 Å². The summed E-state index contributed by atoms with van der Waals surface area (Å²) in [5.74, 6) is -1.09. The quantitative estimate of drug-likeness (QED) is 0.208. The Balaban J connectivity index is 1.57. The Bertz CT molecular complexity index is 1810. The zero-order valence-corrected chi connectivity index (χ0v) is 23.7. The summed E-state index contributed by atoms with van der Waals surface area (Å²) in [6.45, 7) is 11.0. The number of aryl methyl sites for hydroxylation is 2. The summed E-state index contributed by atoms with van der Waals surface area (Å²) >= 11 is 0. The van der Waals surface area contributed by atoms with Gasteiger partial charge in [0, 0.05) is 54.0 Å². The molecule has 0 radical (unpaired) electrons. The summed E-state index contributed by atoms with van der Waals surface area (Å²) in [5, 5.41) is 6.17. The van der Waals surface area contributed by atoms with E-state index in [0.717, 1.165) is 74.2 Å². The molecular formula is C33H31F4N5. The third kappa shape index (κ3) is 4.66. The van der Waals surface area contributed by atoms with E-state index < -0.39 is 17.6 Å². The molecule has 1 N–H and O–H groups in total. The first-order valence-electron chi connectivity index (χ1n) is 14.1. The van der Waals surface area contributed by atoms with E-state index in [0.29, 0.717) is 25.2 Å². The number of para-hydroxylation sites is 1. The van der Waals surface area contributed by atoms with Crippen molar-refractivity contribution in [3.8, 4) is 16.9 Å². The molecule has 2 aromatic carbocycles. The van der Waals surface area contributed by atoms with Crippen molar-refractivity contribution in [2.24, 2.45) is 0 Å². The van der Waals surface area contributed by atoms with Crippen LogP contribution in [0.3, 0.4) is 0 Å². The minimum absolute atomic E-state index is 0.0979. The molecule has 0 saturated heterocycles. The van der Waals surface area contributed by atoms with Gasteiger partial charge in [-0.1, -0.05) is 38.6 Å². The number of nitrogens with zero attached hydrogens (tertiary/aromatic N) is 4. The van der Waals surface area contributed by atoms with E-state index in [1.807, 2.05) is 23.9 Å². The molecule has 4 heterocycles. The number of benzene rings is 2. The number of allylic oxidation sites excluding steroid dienone is 1. The summed E-state index contributed by atoms with van der Waals surface area (Å²) in [4.78, 5) is 8.94. The highest BCUT2D eigenvalue weighted by Crippen LogP contribution is 2.39. The molecule has 3 aromatic heterocycles. The molecule has 0 unspecified atom stereocenters. The molecule has 0 bridgehead atoms. The molecule has 216 valence electrons. The Kier molecular flexibility index (Phi) is 6.91. The number of halogens is 4. The van der Waals surface area contributed by atoms with Crippen molar-refractivity contribution >= 4 is 22.3 Å². The van der Waals surface area contributed by atoms with Crippen molar-refractivity contribution in [2.45, 2.75) is 52.8 Å². The molecule has 0 atom stereocenters. The molecule has 1 aliphatic rings. The number of alkyl halides is 3. The Morgan fingerprint density at radius 3 is 2.45 bits per heavy atom. The minimum Gasteiger partial charge on any atom is -0.361 e. The summed E-state index contributed by atoms with van der Waals surface area (Å²) in [6.07, 6.45) is 0.0458. The van der Waals surface area contributed by atoms with Crippen LogP contribution in [0.4, 0.5) is 23.4 Å². The number of nitrogens with one attached hydrogen (secondary N) is 1. The lowest BCUT2D eigenvalue weighted by atomic mass is 9.95. The van der Waals surface area contributed by atoms with Crippen LogP contribution in [0.25, 0.3) is 33.4 Å². The van der Waals surface area contributed by atoms with E-state index in [9.17, 15) is 13.2 Å². The maximum atomic E-state index is 15.1. The van der Waals surface area contributed by atoms with Crippen molar-refractivity contribution in [1.29, 1.82) is 0 Å². The van der Waals surface area contributed by atoms with Crippen LogP contribution in [-0.4, -0.2) is 26.3 Å². The molecule has 42 heavy (non-hydrogen) atoms. The highest BCUT2D eigenvalue weighted by atomic mass is 19.4. The number of pyridine rings is 1. The molecule has 0 saturated carbocycles. The zero-order chi connectivity index (χ0) is 29.8. The maximum absolute atomic E-state index is 15.1. The molecule has 0 spiro atoms. The first-order chi connectivity index (χ1) is 20.1. The Morgan fingerprint density at radius 1 is 1.07 bits per heavy atom. The van der Waals surface area contributed by atoms with Crippen molar-refractivity contribution < 1.29 is 17.6 Å². The molecular weight excluding hydrogens is 542 g/mol. The van der Waals surface area contributed by atoms with Gasteiger partial charge in [0.2, 0.25) is 0 Å². The number of aromatic nitrogens is 4. The summed E-state index contributed by atoms with van der Waals surface area (Å²) < 4.78 is 56.7. The number of aromatic amines is 1. The largest absolute Gasteiger partial charge is 0.417 e. The van der Waals surface area contributed by atoms with E-state index in [1.165, 1.54) is 0 Å². The fraction of sp³-hybridized carbons (Fsp3) is 0.273. The Hall–Kier alpha value is -4.40. The molecule has 6 rings (SSSR count). The van der Waals surface area contributed by atoms with Gasteiger partial charge in [0.1, 0.15) is 0 Å². The second kappa shape index (κ2) is 10.5. The van der Waals surface area contributed by atoms with Crippen molar-refractivity contribution in [1.82, 2.24) is 19.7 Å². The molecule has 0 fully saturated rings. The van der Waals surface area contributed by atoms with Gasteiger partial charge in [0.15, 0.2) is 11.6 Å². The molecule has 0 amide bonds. The van der Waals surface area contributed by atoms with Gasteiger partial charge >= 0.3 is 6.18 Å². The zero-order valence-electron chi connectivity index (χ0n) is 23.7. The van der Waals surface area contributed by atoms with Gasteiger partial charge in [0.05, 0.1) is 28.2 Å². The van der Waals surface area contributed by atoms with Crippen LogP contribution in [0.15, 0.2) is 61.4 Å². The summed E-state index contributed by atoms with van der Waals surface area (Å²) in [5.41, 5.74) is 8.72. The van der Waals surface area contributed by atoms with Gasteiger partial charge in [-0.2, -0.15) is 18.3 Å². The van der Waals surface area contributed by atoms with Crippen molar-refractivity contribution in [3.63, 3.8) is 0 Å². The van der Waals surface area contributed by atoms with Crippen LogP contribution >= 0.6 is 0 Å². The van der Waals surface area contributed by atoms with Crippen molar-refractivity contribution in [2.75, 3.05) is 11.4 Å². The first kappa shape index (κ1) is 27.8. The van der Waals surface area contributed by atoms with Gasteiger partial charge < -0.3 is 9.88 Å². The van der Waals surface area contributed by atoms with E-state index in [1.54, 1.807) is 4.90 Å². The van der Waals surface area contributed by atoms with Gasteiger partial charge in [0.25, 0.3) is 0 Å². The number of hydrogen-bond donors (Lipinski definition) is 1. The van der Waals surface area contributed by atoms with Crippen molar-refractivity contribution in [3.05, 3.63) is 101 Å². The summed E-state index contributed by atoms with van der Waals surface area (Å²) in [7, 11) is 0. The fourth-order valence-corrected chi connectivity index (χ4v) is 5.96. The first-order valence-corrected chi connectivity index (χ1v) is 14.1. The number of rotatable bonds is 6. The average molecular weight is 574 g/mol. The van der Waals surface area contributed by atoms with E-state index in [-0.39, 0.29) is 12.4 Å². The maximum Gasteiger partial charge on any atom is 0.417 e. The molecule has 5 aromatic rings. The number of anilines is 1. The van der Waals surface area contributed by atoms with Crippen LogP contribution < -0.4 is 4.90 Å². The lowest BCUT2D eigenvalue weighted by Crippen LogP contribution is -2.32. The highest BCUT2D eigenvalue weighted by molar-refractivity contribution is 5.95. The Labute approximate surface area is 241 Å². The lowest BCUT2D eigenvalue weighted by Gasteiger charge is -2.28. The monoisotopic (exact) mass is 573 g/mol. The summed E-state index contributed by atoms with van der Waals surface area (Å²) in [6, 6.07) is 13.0. The van der Waals surface area contributed by atoms with Crippen LogP contribution in [0.5, 0.6) is 0 Å². The van der Waals surface area contributed by atoms with Crippen LogP contribution in [0.2, 0.25) is 0 Å². The molecule has 9 heteroatoms. The van der Waals surface area contributed by atoms with E-state index >= 15 is 4.39 Å². The lowest BCUT2D eigenvalue weighted by molar-refractivity contribution is -0.138. The standard InChI is InChI=1S/C33H31F4N5/c1-5-20-8-7-9-21(6-2)30(20)42-31(23-14-22-10-12-38-29(22)25(15-23)19(3)4)26-18-41(13-11-28(26)40-42)32-27(34)16-24(17-39-32)33(35,36)37/h7-10,12,14-17,38H,3,5-6,11,13,18H2,1-2,4H3. The Morgan fingerprint density at radius 2 is 1.81 bits per heavy atom. The van der Waals surface area contributed by atoms with E-state index in [4.69, 9.17) is 5.10 Å². The fourth-order valence-electron chi connectivity index (χ4n) is 5.96. The average Bonchev–Trinajstić information content (AvgIpc) is 3.59. The molecule has 0 aliphatic carbocycles. The van der Waals surface area contributed by atoms with E-state index in [2.05, 4.69) is 60.7 Å². The second-order valence-electron chi connectivity index (χ2n) is 10.8. The second-order valence-corrected chi connectivity index (χ2v) is 10.8. The predicted octanol–water partition coefficient (Wildman–Crippen LogP) is 8.29. The third-order valence-corrected chi connectivity index (χ3v) is 8.05. The minimum atomic E-state index is -4.67. The van der Waals surface area contributed by atoms with Gasteiger partial charge in [-0.15, -0.1) is 0 Å². The smallest absolute Gasteiger partial charge is 0.361 e. The third-order valence-electron chi connectivity index (χ3n) is 8.05. The molecule has 1 aliphatic heterocycles. The number of hydrogen-bond acceptors (Lipinski definition) is 3. The van der Waals surface area contributed by atoms with Gasteiger partial charge in [-0.25, -0.2) is 14.1 Å². The predicted molar refractivity (Wildman–Crippen MR) is 158 cm³/mol. The van der Waals surface area contributed by atoms with Gasteiger partial charge in [-0.3, -0.25) is 0 Å². The van der Waals surface area contributed by atoms with Crippen LogP contribution in [0.1, 0.15) is 54.3 Å². The van der Waals surface area contributed by atoms with Crippen LogP contribution in [0, 0.1) is 5.82 Å². The number of H-pyrrole nitrogens is 1. The molecule has 5 nitrogen and oxygen atoms in total.